The van der Waals surface area contributed by atoms with Gasteiger partial charge in [-0.1, -0.05) is 18.6 Å². The van der Waals surface area contributed by atoms with Crippen LogP contribution in [0.15, 0.2) is 36.2 Å². The first-order chi connectivity index (χ1) is 13.4. The van der Waals surface area contributed by atoms with E-state index in [2.05, 4.69) is 36.7 Å². The molecule has 0 aliphatic carbocycles. The molecule has 0 bridgehead atoms. The van der Waals surface area contributed by atoms with Crippen molar-refractivity contribution in [3.63, 3.8) is 0 Å². The molecule has 5 heteroatoms. The second-order valence-electron chi connectivity index (χ2n) is 8.91. The standard InChI is InChI=1S/C23H33N3O2/c1-18(2)5-4-11-23(3)12-6-21(27)26(17-23)20-9-15-25(16-10-20)22(28)19-7-13-24-14-8-19/h5,7-8,13-14,20H,4,6,9-12,15-17H2,1-3H3. The van der Waals surface area contributed by atoms with Crippen molar-refractivity contribution >= 4 is 11.8 Å². The summed E-state index contributed by atoms with van der Waals surface area (Å²) in [5.74, 6) is 0.357. The number of rotatable bonds is 5. The molecule has 2 fully saturated rings. The highest BCUT2D eigenvalue weighted by Gasteiger charge is 2.38. The molecular formula is C23H33N3O2. The SMILES string of the molecule is CC(C)=CCCC1(C)CCC(=O)N(C2CCN(C(=O)c3ccncc3)CC2)C1. The summed E-state index contributed by atoms with van der Waals surface area (Å²) in [7, 11) is 0. The molecule has 0 spiro atoms. The van der Waals surface area contributed by atoms with Crippen LogP contribution in [0.3, 0.4) is 0 Å². The summed E-state index contributed by atoms with van der Waals surface area (Å²) in [4.78, 5) is 33.3. The molecule has 5 nitrogen and oxygen atoms in total. The number of allylic oxidation sites excluding steroid dienone is 2. The van der Waals surface area contributed by atoms with Gasteiger partial charge in [-0.2, -0.15) is 0 Å². The maximum Gasteiger partial charge on any atom is 0.253 e. The number of hydrogen-bond acceptors (Lipinski definition) is 3. The van der Waals surface area contributed by atoms with E-state index in [1.807, 2.05) is 4.90 Å². The van der Waals surface area contributed by atoms with Crippen molar-refractivity contribution in [2.75, 3.05) is 19.6 Å². The Morgan fingerprint density at radius 3 is 2.57 bits per heavy atom. The van der Waals surface area contributed by atoms with Gasteiger partial charge < -0.3 is 9.80 Å². The molecule has 3 rings (SSSR count). The average Bonchev–Trinajstić information content (AvgIpc) is 2.70. The fourth-order valence-electron chi connectivity index (χ4n) is 4.43. The smallest absolute Gasteiger partial charge is 0.253 e. The van der Waals surface area contributed by atoms with Gasteiger partial charge in [0.2, 0.25) is 5.91 Å². The Morgan fingerprint density at radius 2 is 1.93 bits per heavy atom. The van der Waals surface area contributed by atoms with Gasteiger partial charge in [0, 0.05) is 50.1 Å². The molecule has 1 aromatic heterocycles. The van der Waals surface area contributed by atoms with Crippen LogP contribution in [0.1, 0.15) is 69.7 Å². The molecule has 0 saturated carbocycles. The molecule has 1 atom stereocenters. The maximum absolute atomic E-state index is 12.6. The number of pyridine rings is 1. The zero-order valence-corrected chi connectivity index (χ0v) is 17.5. The minimum atomic E-state index is 0.0670. The minimum absolute atomic E-state index is 0.0670. The molecule has 2 amide bonds. The Labute approximate surface area is 168 Å². The number of amides is 2. The van der Waals surface area contributed by atoms with Crippen LogP contribution < -0.4 is 0 Å². The summed E-state index contributed by atoms with van der Waals surface area (Å²) >= 11 is 0. The van der Waals surface area contributed by atoms with Gasteiger partial charge in [0.05, 0.1) is 0 Å². The van der Waals surface area contributed by atoms with Crippen molar-refractivity contribution in [3.05, 3.63) is 41.7 Å². The topological polar surface area (TPSA) is 53.5 Å². The number of piperidine rings is 2. The Hall–Kier alpha value is -2.17. The van der Waals surface area contributed by atoms with Crippen molar-refractivity contribution in [2.24, 2.45) is 5.41 Å². The third kappa shape index (κ3) is 5.00. The summed E-state index contributed by atoms with van der Waals surface area (Å²) in [6.07, 6.45) is 11.2. The summed E-state index contributed by atoms with van der Waals surface area (Å²) in [5.41, 5.74) is 2.25. The zero-order chi connectivity index (χ0) is 20.1. The summed E-state index contributed by atoms with van der Waals surface area (Å²) < 4.78 is 0. The molecule has 2 saturated heterocycles. The van der Waals surface area contributed by atoms with Gasteiger partial charge in [-0.25, -0.2) is 0 Å². The highest BCUT2D eigenvalue weighted by Crippen LogP contribution is 2.37. The largest absolute Gasteiger partial charge is 0.339 e. The van der Waals surface area contributed by atoms with Gasteiger partial charge in [0.15, 0.2) is 0 Å². The number of nitrogens with zero attached hydrogens (tertiary/aromatic N) is 3. The van der Waals surface area contributed by atoms with Gasteiger partial charge in [-0.15, -0.1) is 0 Å². The minimum Gasteiger partial charge on any atom is -0.339 e. The zero-order valence-electron chi connectivity index (χ0n) is 17.5. The van der Waals surface area contributed by atoms with Gasteiger partial charge in [0.1, 0.15) is 0 Å². The molecule has 1 unspecified atom stereocenters. The van der Waals surface area contributed by atoms with Crippen LogP contribution in [0.5, 0.6) is 0 Å². The first-order valence-corrected chi connectivity index (χ1v) is 10.5. The fourth-order valence-corrected chi connectivity index (χ4v) is 4.43. The normalized spacial score (nSPS) is 23.6. The lowest BCUT2D eigenvalue weighted by molar-refractivity contribution is -0.141. The lowest BCUT2D eigenvalue weighted by atomic mass is 9.77. The first-order valence-electron chi connectivity index (χ1n) is 10.5. The molecule has 152 valence electrons. The van der Waals surface area contributed by atoms with E-state index >= 15 is 0 Å². The van der Waals surface area contributed by atoms with E-state index in [9.17, 15) is 9.59 Å². The fraction of sp³-hybridized carbons (Fsp3) is 0.609. The van der Waals surface area contributed by atoms with E-state index in [4.69, 9.17) is 0 Å². The third-order valence-corrected chi connectivity index (χ3v) is 6.24. The summed E-state index contributed by atoms with van der Waals surface area (Å²) in [6.45, 7) is 8.88. The number of aromatic nitrogens is 1. The highest BCUT2D eigenvalue weighted by molar-refractivity contribution is 5.94. The van der Waals surface area contributed by atoms with Gasteiger partial charge in [-0.05, 0) is 63.5 Å². The molecule has 2 aliphatic rings. The average molecular weight is 384 g/mol. The van der Waals surface area contributed by atoms with Crippen molar-refractivity contribution in [1.82, 2.24) is 14.8 Å². The van der Waals surface area contributed by atoms with Crippen LogP contribution >= 0.6 is 0 Å². The Balaban J connectivity index is 1.57. The lowest BCUT2D eigenvalue weighted by Gasteiger charge is -2.46. The Bertz CT molecular complexity index is 719. The van der Waals surface area contributed by atoms with Crippen molar-refractivity contribution < 1.29 is 9.59 Å². The lowest BCUT2D eigenvalue weighted by Crippen LogP contribution is -2.54. The molecule has 0 aromatic carbocycles. The molecule has 2 aliphatic heterocycles. The molecule has 0 radical (unpaired) electrons. The molecule has 3 heterocycles. The van der Waals surface area contributed by atoms with E-state index in [1.165, 1.54) is 5.57 Å². The molecule has 28 heavy (non-hydrogen) atoms. The maximum atomic E-state index is 12.6. The number of carbonyl (C=O) groups excluding carboxylic acids is 2. The van der Waals surface area contributed by atoms with Gasteiger partial charge >= 0.3 is 0 Å². The summed E-state index contributed by atoms with van der Waals surface area (Å²) in [6, 6.07) is 3.79. The number of hydrogen-bond donors (Lipinski definition) is 0. The second-order valence-corrected chi connectivity index (χ2v) is 8.91. The van der Waals surface area contributed by atoms with E-state index < -0.39 is 0 Å². The predicted molar refractivity (Wildman–Crippen MR) is 111 cm³/mol. The molecular weight excluding hydrogens is 350 g/mol. The highest BCUT2D eigenvalue weighted by atomic mass is 16.2. The van der Waals surface area contributed by atoms with E-state index in [0.717, 1.165) is 38.6 Å². The second kappa shape index (κ2) is 8.89. The summed E-state index contributed by atoms with van der Waals surface area (Å²) in [5, 5.41) is 0. The van der Waals surface area contributed by atoms with Crippen molar-refractivity contribution in [3.8, 4) is 0 Å². The van der Waals surface area contributed by atoms with Gasteiger partial charge in [-0.3, -0.25) is 14.6 Å². The van der Waals surface area contributed by atoms with Gasteiger partial charge in [0.25, 0.3) is 5.91 Å². The Morgan fingerprint density at radius 1 is 1.25 bits per heavy atom. The third-order valence-electron chi connectivity index (χ3n) is 6.24. The van der Waals surface area contributed by atoms with E-state index in [1.54, 1.807) is 24.5 Å². The molecule has 1 aromatic rings. The van der Waals surface area contributed by atoms with Crippen LogP contribution in [0.2, 0.25) is 0 Å². The van der Waals surface area contributed by atoms with E-state index in [-0.39, 0.29) is 17.4 Å². The van der Waals surface area contributed by atoms with Crippen LogP contribution in [0.25, 0.3) is 0 Å². The van der Waals surface area contributed by atoms with Crippen LogP contribution in [-0.2, 0) is 4.79 Å². The van der Waals surface area contributed by atoms with Crippen LogP contribution in [0.4, 0.5) is 0 Å². The predicted octanol–water partition coefficient (Wildman–Crippen LogP) is 4.06. The van der Waals surface area contributed by atoms with Crippen LogP contribution in [-0.4, -0.2) is 52.3 Å². The van der Waals surface area contributed by atoms with Crippen LogP contribution in [0, 0.1) is 5.41 Å². The monoisotopic (exact) mass is 383 g/mol. The number of likely N-dealkylation sites (tertiary alicyclic amines) is 2. The molecule has 0 N–H and O–H groups in total. The van der Waals surface area contributed by atoms with Crippen molar-refractivity contribution in [1.29, 1.82) is 0 Å². The number of carbonyl (C=O) groups is 2. The Kier molecular flexibility index (Phi) is 6.53. The quantitative estimate of drug-likeness (QED) is 0.721. The van der Waals surface area contributed by atoms with E-state index in [0.29, 0.717) is 31.0 Å². The van der Waals surface area contributed by atoms with Crippen molar-refractivity contribution in [2.45, 2.75) is 65.3 Å². The first kappa shape index (κ1) is 20.6.